The maximum Gasteiger partial charge on any atom is 0.311 e. The molecule has 0 spiro atoms. The molecular formula is C18H25N3O3. The molecule has 2 N–H and O–H groups in total. The highest BCUT2D eigenvalue weighted by Crippen LogP contribution is 2.27. The largest absolute Gasteiger partial charge is 0.493 e. The van der Waals surface area contributed by atoms with Gasteiger partial charge in [-0.1, -0.05) is 45.2 Å². The van der Waals surface area contributed by atoms with Gasteiger partial charge in [0.05, 0.1) is 12.2 Å². The number of benzene rings is 1. The highest BCUT2D eigenvalue weighted by molar-refractivity contribution is 5.69. The molecule has 1 heterocycles. The third-order valence-corrected chi connectivity index (χ3v) is 3.66. The van der Waals surface area contributed by atoms with Crippen molar-refractivity contribution < 1.29 is 14.6 Å². The summed E-state index contributed by atoms with van der Waals surface area (Å²) in [7, 11) is 0. The number of nitrogens with zero attached hydrogens (tertiary/aromatic N) is 2. The number of ether oxygens (including phenoxy) is 1. The molecule has 1 aromatic heterocycles. The predicted molar refractivity (Wildman–Crippen MR) is 92.0 cm³/mol. The molecule has 0 amide bonds. The van der Waals surface area contributed by atoms with Crippen molar-refractivity contribution in [3.63, 3.8) is 0 Å². The van der Waals surface area contributed by atoms with Gasteiger partial charge >= 0.3 is 5.97 Å². The van der Waals surface area contributed by atoms with Gasteiger partial charge in [0.1, 0.15) is 18.0 Å². The molecule has 6 heteroatoms. The van der Waals surface area contributed by atoms with Crippen molar-refractivity contribution in [2.45, 2.75) is 46.0 Å². The van der Waals surface area contributed by atoms with Crippen LogP contribution >= 0.6 is 0 Å². The third kappa shape index (κ3) is 5.68. The fourth-order valence-corrected chi connectivity index (χ4v) is 2.43. The van der Waals surface area contributed by atoms with Crippen molar-refractivity contribution in [3.8, 4) is 17.1 Å². The van der Waals surface area contributed by atoms with E-state index in [1.807, 2.05) is 24.3 Å². The Morgan fingerprint density at radius 1 is 1.25 bits per heavy atom. The second kappa shape index (κ2) is 9.05. The quantitative estimate of drug-likeness (QED) is 0.648. The number of para-hydroxylation sites is 1. The topological polar surface area (TPSA) is 88.1 Å². The molecule has 0 saturated heterocycles. The Labute approximate surface area is 142 Å². The molecular weight excluding hydrogens is 306 g/mol. The Hall–Kier alpha value is -2.37. The molecule has 0 aliphatic carbocycles. The highest BCUT2D eigenvalue weighted by atomic mass is 16.5. The summed E-state index contributed by atoms with van der Waals surface area (Å²) in [5.74, 6) is 1.32. The minimum Gasteiger partial charge on any atom is -0.493 e. The first kappa shape index (κ1) is 18.0. The molecule has 130 valence electrons. The van der Waals surface area contributed by atoms with Crippen LogP contribution < -0.4 is 4.74 Å². The van der Waals surface area contributed by atoms with Crippen LogP contribution in [-0.4, -0.2) is 32.9 Å². The van der Waals surface area contributed by atoms with E-state index in [-0.39, 0.29) is 6.42 Å². The van der Waals surface area contributed by atoms with E-state index < -0.39 is 5.97 Å². The van der Waals surface area contributed by atoms with Crippen LogP contribution in [0.15, 0.2) is 24.3 Å². The molecule has 0 fully saturated rings. The van der Waals surface area contributed by atoms with Gasteiger partial charge < -0.3 is 9.84 Å². The van der Waals surface area contributed by atoms with Crippen molar-refractivity contribution in [1.82, 2.24) is 15.2 Å². The van der Waals surface area contributed by atoms with E-state index in [2.05, 4.69) is 29.0 Å². The fraction of sp³-hybridized carbons (Fsp3) is 0.500. The molecule has 2 aromatic rings. The Kier molecular flexibility index (Phi) is 6.78. The van der Waals surface area contributed by atoms with Gasteiger partial charge in [-0.2, -0.15) is 5.10 Å². The maximum absolute atomic E-state index is 10.7. The Morgan fingerprint density at radius 2 is 2.04 bits per heavy atom. The van der Waals surface area contributed by atoms with Crippen molar-refractivity contribution in [2.24, 2.45) is 5.92 Å². The summed E-state index contributed by atoms with van der Waals surface area (Å²) in [5, 5.41) is 15.6. The molecule has 6 nitrogen and oxygen atoms in total. The van der Waals surface area contributed by atoms with Crippen molar-refractivity contribution in [3.05, 3.63) is 30.1 Å². The SMILES string of the molecule is CC(C)CCCCCOc1ccccc1-c1n[nH]c(CC(=O)O)n1. The summed E-state index contributed by atoms with van der Waals surface area (Å²) >= 11 is 0. The minimum atomic E-state index is -0.941. The van der Waals surface area contributed by atoms with Gasteiger partial charge in [0, 0.05) is 0 Å². The average molecular weight is 331 g/mol. The lowest BCUT2D eigenvalue weighted by molar-refractivity contribution is -0.136. The number of carboxylic acids is 1. The average Bonchev–Trinajstić information content (AvgIpc) is 2.98. The normalized spacial score (nSPS) is 11.0. The Morgan fingerprint density at radius 3 is 2.79 bits per heavy atom. The summed E-state index contributed by atoms with van der Waals surface area (Å²) < 4.78 is 5.88. The van der Waals surface area contributed by atoms with Crippen LogP contribution in [0.25, 0.3) is 11.4 Å². The smallest absolute Gasteiger partial charge is 0.311 e. The van der Waals surface area contributed by atoms with Crippen LogP contribution in [0.4, 0.5) is 0 Å². The Bertz CT molecular complexity index is 652. The van der Waals surface area contributed by atoms with Crippen molar-refractivity contribution >= 4 is 5.97 Å². The standard InChI is InChI=1S/C18H25N3O3/c1-13(2)8-4-3-7-11-24-15-10-6-5-9-14(15)18-19-16(20-21-18)12-17(22)23/h5-6,9-10,13H,3-4,7-8,11-12H2,1-2H3,(H,22,23)(H,19,20,21). The second-order valence-electron chi connectivity index (χ2n) is 6.26. The molecule has 0 atom stereocenters. The van der Waals surface area contributed by atoms with E-state index in [1.165, 1.54) is 12.8 Å². The molecule has 24 heavy (non-hydrogen) atoms. The first-order chi connectivity index (χ1) is 11.6. The molecule has 0 aliphatic heterocycles. The molecule has 0 bridgehead atoms. The number of carboxylic acid groups (broad SMARTS) is 1. The molecule has 0 aliphatic rings. The van der Waals surface area contributed by atoms with Crippen molar-refractivity contribution in [2.75, 3.05) is 6.61 Å². The van der Waals surface area contributed by atoms with Gasteiger partial charge in [0.15, 0.2) is 5.82 Å². The fourth-order valence-electron chi connectivity index (χ4n) is 2.43. The molecule has 0 saturated carbocycles. The van der Waals surface area contributed by atoms with Crippen LogP contribution in [0.3, 0.4) is 0 Å². The number of hydrogen-bond acceptors (Lipinski definition) is 4. The zero-order valence-corrected chi connectivity index (χ0v) is 14.3. The predicted octanol–water partition coefficient (Wildman–Crippen LogP) is 3.69. The van der Waals surface area contributed by atoms with Gasteiger partial charge in [-0.25, -0.2) is 4.98 Å². The zero-order valence-electron chi connectivity index (χ0n) is 14.3. The van der Waals surface area contributed by atoms with Gasteiger partial charge in [-0.05, 0) is 24.5 Å². The van der Waals surface area contributed by atoms with E-state index in [9.17, 15) is 4.79 Å². The number of H-pyrrole nitrogens is 1. The number of carbonyl (C=O) groups is 1. The lowest BCUT2D eigenvalue weighted by Gasteiger charge is -2.10. The van der Waals surface area contributed by atoms with E-state index >= 15 is 0 Å². The molecule has 0 radical (unpaired) electrons. The highest BCUT2D eigenvalue weighted by Gasteiger charge is 2.12. The van der Waals surface area contributed by atoms with E-state index in [4.69, 9.17) is 9.84 Å². The van der Waals surface area contributed by atoms with Crippen LogP contribution in [0, 0.1) is 5.92 Å². The van der Waals surface area contributed by atoms with Gasteiger partial charge in [0.2, 0.25) is 0 Å². The van der Waals surface area contributed by atoms with Gasteiger partial charge in [0.25, 0.3) is 0 Å². The first-order valence-electron chi connectivity index (χ1n) is 8.41. The van der Waals surface area contributed by atoms with Crippen LogP contribution in [0.2, 0.25) is 0 Å². The number of unbranched alkanes of at least 4 members (excludes halogenated alkanes) is 2. The van der Waals surface area contributed by atoms with Gasteiger partial charge in [-0.3, -0.25) is 9.89 Å². The summed E-state index contributed by atoms with van der Waals surface area (Å²) in [6.45, 7) is 5.13. The number of rotatable bonds is 10. The monoisotopic (exact) mass is 331 g/mol. The van der Waals surface area contributed by atoms with E-state index in [0.717, 1.165) is 30.1 Å². The number of hydrogen-bond donors (Lipinski definition) is 2. The van der Waals surface area contributed by atoms with Crippen LogP contribution in [-0.2, 0) is 11.2 Å². The third-order valence-electron chi connectivity index (χ3n) is 3.66. The van der Waals surface area contributed by atoms with Crippen LogP contribution in [0.1, 0.15) is 45.4 Å². The summed E-state index contributed by atoms with van der Waals surface area (Å²) in [6, 6.07) is 7.55. The molecule has 1 aromatic carbocycles. The summed E-state index contributed by atoms with van der Waals surface area (Å²) in [4.78, 5) is 15.0. The summed E-state index contributed by atoms with van der Waals surface area (Å²) in [6.07, 6.45) is 4.47. The zero-order chi connectivity index (χ0) is 17.4. The number of aliphatic carboxylic acids is 1. The molecule has 0 unspecified atom stereocenters. The van der Waals surface area contributed by atoms with Gasteiger partial charge in [-0.15, -0.1) is 0 Å². The van der Waals surface area contributed by atoms with Crippen molar-refractivity contribution in [1.29, 1.82) is 0 Å². The molecule has 2 rings (SSSR count). The number of aromatic amines is 1. The lowest BCUT2D eigenvalue weighted by Crippen LogP contribution is -2.01. The summed E-state index contributed by atoms with van der Waals surface area (Å²) in [5.41, 5.74) is 0.771. The lowest BCUT2D eigenvalue weighted by atomic mass is 10.1. The maximum atomic E-state index is 10.7. The second-order valence-corrected chi connectivity index (χ2v) is 6.26. The first-order valence-corrected chi connectivity index (χ1v) is 8.41. The number of nitrogens with one attached hydrogen (secondary N) is 1. The number of aromatic nitrogens is 3. The minimum absolute atomic E-state index is 0.175. The van der Waals surface area contributed by atoms with E-state index in [1.54, 1.807) is 0 Å². The van der Waals surface area contributed by atoms with E-state index in [0.29, 0.717) is 18.3 Å². The van der Waals surface area contributed by atoms with Crippen LogP contribution in [0.5, 0.6) is 5.75 Å². The Balaban J connectivity index is 1.92.